The smallest absolute Gasteiger partial charge is 0.239 e. The summed E-state index contributed by atoms with van der Waals surface area (Å²) in [6.45, 7) is 6.40. The summed E-state index contributed by atoms with van der Waals surface area (Å²) in [5.41, 5.74) is 0. The fraction of sp³-hybridized carbons (Fsp3) is 0.938. The van der Waals surface area contributed by atoms with Crippen LogP contribution in [0.25, 0.3) is 0 Å². The third-order valence-electron chi connectivity index (χ3n) is 3.64. The number of amides is 1. The van der Waals surface area contributed by atoms with Crippen LogP contribution in [0.15, 0.2) is 0 Å². The number of nitrogens with zero attached hydrogens (tertiary/aromatic N) is 2. The molecule has 0 saturated carbocycles. The molecule has 0 saturated heterocycles. The normalized spacial score (nSPS) is 13.6. The van der Waals surface area contributed by atoms with Crippen LogP contribution >= 0.6 is 0 Å². The van der Waals surface area contributed by atoms with Crippen molar-refractivity contribution in [3.8, 4) is 0 Å². The van der Waals surface area contributed by atoms with Crippen LogP contribution in [-0.2, 0) is 4.79 Å². The van der Waals surface area contributed by atoms with E-state index in [4.69, 9.17) is 0 Å². The van der Waals surface area contributed by atoms with Gasteiger partial charge in [0.15, 0.2) is 0 Å². The number of carbonyl (C=O) groups excluding carboxylic acids is 1. The van der Waals surface area contributed by atoms with E-state index < -0.39 is 0 Å². The van der Waals surface area contributed by atoms with Crippen LogP contribution in [0, 0.1) is 5.92 Å². The number of rotatable bonds is 10. The van der Waals surface area contributed by atoms with Crippen LogP contribution in [0.4, 0.5) is 0 Å². The van der Waals surface area contributed by atoms with Crippen LogP contribution in [0.1, 0.15) is 39.5 Å². The van der Waals surface area contributed by atoms with Gasteiger partial charge in [-0.25, -0.2) is 0 Å². The number of unbranched alkanes of at least 4 members (excludes halogenated alkanes) is 1. The molecular formula is C16H36N3O+. The number of hydrogen-bond donors (Lipinski definition) is 1. The molecule has 1 amide bonds. The van der Waals surface area contributed by atoms with Crippen molar-refractivity contribution in [2.24, 2.45) is 5.92 Å². The molecule has 0 aromatic rings. The molecule has 0 aliphatic carbocycles. The summed E-state index contributed by atoms with van der Waals surface area (Å²) >= 11 is 0. The summed E-state index contributed by atoms with van der Waals surface area (Å²) in [6, 6.07) is -0.0281. The lowest BCUT2D eigenvalue weighted by Gasteiger charge is -2.26. The second-order valence-corrected chi connectivity index (χ2v) is 7.29. The largest absolute Gasteiger partial charge is 0.344 e. The Bertz CT molecular complexity index is 271. The third-order valence-corrected chi connectivity index (χ3v) is 3.64. The average molecular weight is 286 g/mol. The zero-order chi connectivity index (χ0) is 15.8. The minimum atomic E-state index is -0.0281. The molecule has 0 rings (SSSR count). The van der Waals surface area contributed by atoms with Gasteiger partial charge in [-0.3, -0.25) is 4.79 Å². The van der Waals surface area contributed by atoms with E-state index in [9.17, 15) is 4.79 Å². The standard InChI is InChI=1S/C16H36N3O/c1-14(2)11-12-18(4)16(20)15(17-3)10-8-9-13-19(5,6)7/h14-15,17H,8-13H2,1-7H3/q+1. The monoisotopic (exact) mass is 286 g/mol. The zero-order valence-electron chi connectivity index (χ0n) is 14.7. The topological polar surface area (TPSA) is 32.3 Å². The summed E-state index contributed by atoms with van der Waals surface area (Å²) in [4.78, 5) is 14.2. The van der Waals surface area contributed by atoms with Crippen LogP contribution in [-0.4, -0.2) is 69.7 Å². The van der Waals surface area contributed by atoms with E-state index in [1.807, 2.05) is 19.0 Å². The number of likely N-dealkylation sites (N-methyl/N-ethyl adjacent to an activating group) is 2. The average Bonchev–Trinajstić information content (AvgIpc) is 2.34. The highest BCUT2D eigenvalue weighted by molar-refractivity contribution is 5.81. The van der Waals surface area contributed by atoms with Crippen LogP contribution in [0.2, 0.25) is 0 Å². The second kappa shape index (κ2) is 9.35. The fourth-order valence-corrected chi connectivity index (χ4v) is 2.15. The molecule has 0 aromatic heterocycles. The Kier molecular flexibility index (Phi) is 9.06. The highest BCUT2D eigenvalue weighted by Gasteiger charge is 2.20. The molecule has 20 heavy (non-hydrogen) atoms. The highest BCUT2D eigenvalue weighted by Crippen LogP contribution is 2.08. The minimum absolute atomic E-state index is 0.0281. The molecule has 0 radical (unpaired) electrons. The molecule has 4 heteroatoms. The number of hydrogen-bond acceptors (Lipinski definition) is 2. The van der Waals surface area contributed by atoms with E-state index in [1.165, 1.54) is 6.42 Å². The molecular weight excluding hydrogens is 250 g/mol. The van der Waals surface area contributed by atoms with Crippen molar-refractivity contribution in [1.29, 1.82) is 0 Å². The summed E-state index contributed by atoms with van der Waals surface area (Å²) < 4.78 is 0.993. The van der Waals surface area contributed by atoms with Crippen molar-refractivity contribution in [1.82, 2.24) is 10.2 Å². The Morgan fingerprint density at radius 3 is 2.20 bits per heavy atom. The Morgan fingerprint density at radius 2 is 1.75 bits per heavy atom. The van der Waals surface area contributed by atoms with Crippen molar-refractivity contribution in [2.75, 3.05) is 48.3 Å². The van der Waals surface area contributed by atoms with E-state index in [0.717, 1.165) is 36.8 Å². The van der Waals surface area contributed by atoms with E-state index in [2.05, 4.69) is 40.3 Å². The number of quaternary nitrogens is 1. The van der Waals surface area contributed by atoms with Gasteiger partial charge in [-0.2, -0.15) is 0 Å². The van der Waals surface area contributed by atoms with Crippen molar-refractivity contribution >= 4 is 5.91 Å². The quantitative estimate of drug-likeness (QED) is 0.492. The Balaban J connectivity index is 4.08. The van der Waals surface area contributed by atoms with E-state index in [1.54, 1.807) is 0 Å². The molecule has 0 bridgehead atoms. The third kappa shape index (κ3) is 9.32. The summed E-state index contributed by atoms with van der Waals surface area (Å²) in [7, 11) is 10.4. The van der Waals surface area contributed by atoms with Crippen LogP contribution in [0.3, 0.4) is 0 Å². The molecule has 0 fully saturated rings. The van der Waals surface area contributed by atoms with Gasteiger partial charge in [0, 0.05) is 13.6 Å². The number of carbonyl (C=O) groups is 1. The first-order valence-electron chi connectivity index (χ1n) is 7.90. The molecule has 0 heterocycles. The molecule has 1 unspecified atom stereocenters. The highest BCUT2D eigenvalue weighted by atomic mass is 16.2. The van der Waals surface area contributed by atoms with Crippen molar-refractivity contribution < 1.29 is 9.28 Å². The maximum Gasteiger partial charge on any atom is 0.239 e. The first kappa shape index (κ1) is 19.4. The fourth-order valence-electron chi connectivity index (χ4n) is 2.15. The summed E-state index contributed by atoms with van der Waals surface area (Å²) in [5.74, 6) is 0.876. The van der Waals surface area contributed by atoms with Crippen LogP contribution in [0.5, 0.6) is 0 Å². The predicted molar refractivity (Wildman–Crippen MR) is 86.7 cm³/mol. The van der Waals surface area contributed by atoms with Gasteiger partial charge in [0.05, 0.1) is 33.7 Å². The molecule has 0 aromatic carbocycles. The van der Waals surface area contributed by atoms with E-state index >= 15 is 0 Å². The van der Waals surface area contributed by atoms with Gasteiger partial charge in [0.1, 0.15) is 0 Å². The number of nitrogens with one attached hydrogen (secondary N) is 1. The Hall–Kier alpha value is -0.610. The van der Waals surface area contributed by atoms with Crippen LogP contribution < -0.4 is 5.32 Å². The van der Waals surface area contributed by atoms with Crippen molar-refractivity contribution in [2.45, 2.75) is 45.6 Å². The van der Waals surface area contributed by atoms with Gasteiger partial charge in [0.25, 0.3) is 0 Å². The van der Waals surface area contributed by atoms with E-state index in [0.29, 0.717) is 5.92 Å². The second-order valence-electron chi connectivity index (χ2n) is 7.29. The van der Waals surface area contributed by atoms with Gasteiger partial charge in [-0.05, 0) is 38.6 Å². The van der Waals surface area contributed by atoms with E-state index in [-0.39, 0.29) is 11.9 Å². The SMILES string of the molecule is CNC(CCCC[N+](C)(C)C)C(=O)N(C)CCC(C)C. The maximum atomic E-state index is 12.3. The summed E-state index contributed by atoms with van der Waals surface area (Å²) in [6.07, 6.45) is 4.27. The zero-order valence-corrected chi connectivity index (χ0v) is 14.7. The van der Waals surface area contributed by atoms with Crippen molar-refractivity contribution in [3.63, 3.8) is 0 Å². The Labute approximate surface area is 126 Å². The van der Waals surface area contributed by atoms with Gasteiger partial charge in [-0.15, -0.1) is 0 Å². The molecule has 0 spiro atoms. The molecule has 120 valence electrons. The Morgan fingerprint density at radius 1 is 1.15 bits per heavy atom. The lowest BCUT2D eigenvalue weighted by Crippen LogP contribution is -2.44. The molecule has 0 aliphatic heterocycles. The minimum Gasteiger partial charge on any atom is -0.344 e. The van der Waals surface area contributed by atoms with Crippen molar-refractivity contribution in [3.05, 3.63) is 0 Å². The summed E-state index contributed by atoms with van der Waals surface area (Å²) in [5, 5.41) is 3.17. The maximum absolute atomic E-state index is 12.3. The first-order chi connectivity index (χ1) is 9.17. The van der Waals surface area contributed by atoms with Gasteiger partial charge in [-0.1, -0.05) is 13.8 Å². The molecule has 4 nitrogen and oxygen atoms in total. The lowest BCUT2D eigenvalue weighted by atomic mass is 10.1. The van der Waals surface area contributed by atoms with Gasteiger partial charge in [0.2, 0.25) is 5.91 Å². The predicted octanol–water partition coefficient (Wildman–Crippen LogP) is 1.96. The van der Waals surface area contributed by atoms with Gasteiger partial charge < -0.3 is 14.7 Å². The first-order valence-corrected chi connectivity index (χ1v) is 7.90. The molecule has 0 aliphatic rings. The molecule has 1 atom stereocenters. The van der Waals surface area contributed by atoms with Gasteiger partial charge >= 0.3 is 0 Å². The molecule has 1 N–H and O–H groups in total. The lowest BCUT2D eigenvalue weighted by molar-refractivity contribution is -0.870.